The van der Waals surface area contributed by atoms with Crippen LogP contribution in [0, 0.1) is 11.3 Å². The number of nitriles is 1. The van der Waals surface area contributed by atoms with Crippen molar-refractivity contribution in [1.29, 1.82) is 5.26 Å². The molecule has 0 saturated carbocycles. The van der Waals surface area contributed by atoms with Crippen LogP contribution in [-0.4, -0.2) is 52.7 Å². The predicted octanol–water partition coefficient (Wildman–Crippen LogP) is 4.49. The fourth-order valence-electron chi connectivity index (χ4n) is 3.93. The third-order valence-electron chi connectivity index (χ3n) is 5.97. The first kappa shape index (κ1) is 28.6. The van der Waals surface area contributed by atoms with E-state index in [2.05, 4.69) is 15.6 Å². The van der Waals surface area contributed by atoms with Gasteiger partial charge >= 0.3 is 6.18 Å². The van der Waals surface area contributed by atoms with E-state index in [0.717, 1.165) is 34.7 Å². The molecule has 4 rings (SSSR count). The molecule has 0 radical (unpaired) electrons. The minimum Gasteiger partial charge on any atom is -0.342 e. The lowest BCUT2D eigenvalue weighted by molar-refractivity contribution is -0.137. The van der Waals surface area contributed by atoms with Crippen molar-refractivity contribution in [3.05, 3.63) is 81.3 Å². The van der Waals surface area contributed by atoms with E-state index in [-0.39, 0.29) is 11.3 Å². The van der Waals surface area contributed by atoms with Crippen LogP contribution in [0.25, 0.3) is 0 Å². The van der Waals surface area contributed by atoms with Crippen LogP contribution < -0.4 is 10.6 Å². The molecule has 0 bridgehead atoms. The maximum atomic E-state index is 13.5. The van der Waals surface area contributed by atoms with Crippen molar-refractivity contribution in [2.45, 2.75) is 31.0 Å². The summed E-state index contributed by atoms with van der Waals surface area (Å²) in [5, 5.41) is 16.0. The van der Waals surface area contributed by atoms with Gasteiger partial charge in [0.2, 0.25) is 5.91 Å². The van der Waals surface area contributed by atoms with E-state index >= 15 is 0 Å². The summed E-state index contributed by atoms with van der Waals surface area (Å²) in [7, 11) is 0. The number of benzene rings is 2. The summed E-state index contributed by atoms with van der Waals surface area (Å²) in [6.07, 6.45) is -4.90. The second-order valence-electron chi connectivity index (χ2n) is 8.94. The van der Waals surface area contributed by atoms with Crippen LogP contribution in [-0.2, 0) is 17.4 Å². The van der Waals surface area contributed by atoms with Crippen LogP contribution in [0.2, 0.25) is 0 Å². The standard InChI is InChI=1S/C26H20F5N5O3S/c27-25(28)10-19(11-32)36(14-25)22(37)12-33-24(39)20-13-40-21(35-20)9-15-1-7-18(8-2-15)34-23(38)16-3-5-17(6-4-16)26(29,30)31/h1-8,13,19H,9-10,12,14H2,(H,33,39)(H,34,38)/t19-/m0/s1. The third-order valence-corrected chi connectivity index (χ3v) is 6.81. The largest absolute Gasteiger partial charge is 0.416 e. The normalized spacial score (nSPS) is 16.3. The van der Waals surface area contributed by atoms with E-state index in [9.17, 15) is 36.3 Å². The fourth-order valence-corrected chi connectivity index (χ4v) is 4.74. The number of hydrogen-bond donors (Lipinski definition) is 2. The highest BCUT2D eigenvalue weighted by Crippen LogP contribution is 2.32. The first-order chi connectivity index (χ1) is 18.8. The zero-order valence-corrected chi connectivity index (χ0v) is 21.3. The lowest BCUT2D eigenvalue weighted by atomic mass is 10.1. The molecular formula is C26H20F5N5O3S. The van der Waals surface area contributed by atoms with Crippen LogP contribution in [0.4, 0.5) is 27.6 Å². The number of rotatable bonds is 7. The molecule has 2 heterocycles. The molecule has 8 nitrogen and oxygen atoms in total. The monoisotopic (exact) mass is 577 g/mol. The highest BCUT2D eigenvalue weighted by molar-refractivity contribution is 7.09. The number of hydrogen-bond acceptors (Lipinski definition) is 6. The van der Waals surface area contributed by atoms with Crippen molar-refractivity contribution in [1.82, 2.24) is 15.2 Å². The van der Waals surface area contributed by atoms with Gasteiger partial charge < -0.3 is 15.5 Å². The number of halogens is 5. The molecule has 2 aromatic carbocycles. The van der Waals surface area contributed by atoms with Crippen molar-refractivity contribution in [2.24, 2.45) is 0 Å². The van der Waals surface area contributed by atoms with Crippen LogP contribution in [0.5, 0.6) is 0 Å². The molecule has 14 heteroatoms. The molecule has 1 aliphatic rings. The number of anilines is 1. The highest BCUT2D eigenvalue weighted by Gasteiger charge is 2.47. The summed E-state index contributed by atoms with van der Waals surface area (Å²) >= 11 is 1.19. The van der Waals surface area contributed by atoms with Gasteiger partial charge in [0.25, 0.3) is 17.7 Å². The van der Waals surface area contributed by atoms with Crippen molar-refractivity contribution in [3.63, 3.8) is 0 Å². The smallest absolute Gasteiger partial charge is 0.342 e. The van der Waals surface area contributed by atoms with Gasteiger partial charge in [0, 0.05) is 29.5 Å². The van der Waals surface area contributed by atoms with E-state index < -0.39 is 60.9 Å². The number of alkyl halides is 5. The van der Waals surface area contributed by atoms with Crippen molar-refractivity contribution < 1.29 is 36.3 Å². The Bertz CT molecular complexity index is 1450. The first-order valence-electron chi connectivity index (χ1n) is 11.7. The van der Waals surface area contributed by atoms with Gasteiger partial charge in [-0.05, 0) is 42.0 Å². The Morgan fingerprint density at radius 1 is 1.07 bits per heavy atom. The van der Waals surface area contributed by atoms with Crippen LogP contribution >= 0.6 is 11.3 Å². The Morgan fingerprint density at radius 2 is 1.75 bits per heavy atom. The SMILES string of the molecule is N#C[C@@H]1CC(F)(F)CN1C(=O)CNC(=O)c1csc(Cc2ccc(NC(=O)c3ccc(C(F)(F)F)cc3)cc2)n1. The van der Waals surface area contributed by atoms with Gasteiger partial charge in [-0.1, -0.05) is 12.1 Å². The highest BCUT2D eigenvalue weighted by atomic mass is 32.1. The quantitative estimate of drug-likeness (QED) is 0.402. The van der Waals surface area contributed by atoms with E-state index in [1.165, 1.54) is 16.7 Å². The number of nitrogens with one attached hydrogen (secondary N) is 2. The summed E-state index contributed by atoms with van der Waals surface area (Å²) in [5.74, 6) is -5.19. The second kappa shape index (κ2) is 11.4. The van der Waals surface area contributed by atoms with Gasteiger partial charge in [0.1, 0.15) is 11.7 Å². The molecule has 3 aromatic rings. The Labute approximate surface area is 228 Å². The molecule has 0 unspecified atom stereocenters. The Balaban J connectivity index is 1.28. The van der Waals surface area contributed by atoms with E-state index in [1.54, 1.807) is 30.3 Å². The molecule has 2 N–H and O–H groups in total. The van der Waals surface area contributed by atoms with Crippen molar-refractivity contribution in [2.75, 3.05) is 18.4 Å². The molecule has 1 aliphatic heterocycles. The Hall–Kier alpha value is -4.38. The lowest BCUT2D eigenvalue weighted by Gasteiger charge is -2.19. The molecule has 1 atom stereocenters. The van der Waals surface area contributed by atoms with Gasteiger partial charge in [-0.2, -0.15) is 18.4 Å². The molecular weight excluding hydrogens is 557 g/mol. The van der Waals surface area contributed by atoms with Gasteiger partial charge in [0.15, 0.2) is 0 Å². The maximum absolute atomic E-state index is 13.5. The molecule has 1 aromatic heterocycles. The number of carbonyl (C=O) groups is 3. The van der Waals surface area contributed by atoms with Crippen LogP contribution in [0.1, 0.15) is 43.4 Å². The molecule has 0 aliphatic carbocycles. The Morgan fingerprint density at radius 3 is 2.38 bits per heavy atom. The Kier molecular flexibility index (Phi) is 8.15. The number of thiazole rings is 1. The van der Waals surface area contributed by atoms with E-state index in [0.29, 0.717) is 17.1 Å². The molecule has 3 amide bonds. The van der Waals surface area contributed by atoms with Crippen molar-refractivity contribution >= 4 is 34.7 Å². The van der Waals surface area contributed by atoms with E-state index in [1.807, 2.05) is 0 Å². The minimum atomic E-state index is -4.50. The molecule has 1 fully saturated rings. The number of nitrogens with zero attached hydrogens (tertiary/aromatic N) is 3. The molecule has 0 spiro atoms. The van der Waals surface area contributed by atoms with Crippen molar-refractivity contribution in [3.8, 4) is 6.07 Å². The third kappa shape index (κ3) is 6.97. The van der Waals surface area contributed by atoms with Gasteiger partial charge in [-0.25, -0.2) is 13.8 Å². The first-order valence-corrected chi connectivity index (χ1v) is 12.6. The van der Waals surface area contributed by atoms with Gasteiger partial charge in [-0.15, -0.1) is 11.3 Å². The van der Waals surface area contributed by atoms with E-state index in [4.69, 9.17) is 5.26 Å². The van der Waals surface area contributed by atoms with Crippen LogP contribution in [0.15, 0.2) is 53.9 Å². The average Bonchev–Trinajstić information content (AvgIpc) is 3.51. The van der Waals surface area contributed by atoms with Gasteiger partial charge in [0.05, 0.1) is 29.7 Å². The zero-order chi connectivity index (χ0) is 29.1. The number of likely N-dealkylation sites (tertiary alicyclic amines) is 1. The number of carbonyl (C=O) groups excluding carboxylic acids is 3. The summed E-state index contributed by atoms with van der Waals surface area (Å²) in [6, 6.07) is 10.9. The summed E-state index contributed by atoms with van der Waals surface area (Å²) in [5.41, 5.74) is 0.466. The summed E-state index contributed by atoms with van der Waals surface area (Å²) in [6.45, 7) is -1.43. The molecule has 208 valence electrons. The number of aromatic nitrogens is 1. The average molecular weight is 578 g/mol. The summed E-state index contributed by atoms with van der Waals surface area (Å²) in [4.78, 5) is 42.0. The second-order valence-corrected chi connectivity index (χ2v) is 9.88. The lowest BCUT2D eigenvalue weighted by Crippen LogP contribution is -2.43. The molecule has 40 heavy (non-hydrogen) atoms. The summed E-state index contributed by atoms with van der Waals surface area (Å²) < 4.78 is 65.2. The van der Waals surface area contributed by atoms with Crippen LogP contribution in [0.3, 0.4) is 0 Å². The maximum Gasteiger partial charge on any atom is 0.416 e. The predicted molar refractivity (Wildman–Crippen MR) is 134 cm³/mol. The minimum absolute atomic E-state index is 0.0387. The zero-order valence-electron chi connectivity index (χ0n) is 20.5. The van der Waals surface area contributed by atoms with Gasteiger partial charge in [-0.3, -0.25) is 14.4 Å². The topological polar surface area (TPSA) is 115 Å². The number of amides is 3. The molecule has 1 saturated heterocycles. The fraction of sp³-hybridized carbons (Fsp3) is 0.269.